The number of pyridine rings is 2. The number of aromatic nitrogens is 2. The van der Waals surface area contributed by atoms with E-state index in [1.165, 1.54) is 11.1 Å². The Morgan fingerprint density at radius 3 is 2.64 bits per heavy atom. The zero-order valence-corrected chi connectivity index (χ0v) is 19.7. The third-order valence-corrected chi connectivity index (χ3v) is 5.42. The fourth-order valence-electron chi connectivity index (χ4n) is 3.50. The number of allylic oxidation sites excluding steroid dienone is 1. The van der Waals surface area contributed by atoms with Crippen LogP contribution in [-0.4, -0.2) is 61.3 Å². The third kappa shape index (κ3) is 7.11. The summed E-state index contributed by atoms with van der Waals surface area (Å²) in [6.07, 6.45) is 4.20. The van der Waals surface area contributed by atoms with E-state index in [-0.39, 0.29) is 18.9 Å². The summed E-state index contributed by atoms with van der Waals surface area (Å²) < 4.78 is 10.5. The van der Waals surface area contributed by atoms with E-state index in [2.05, 4.69) is 20.2 Å². The largest absolute Gasteiger partial charge is 0.447 e. The first-order valence-corrected chi connectivity index (χ1v) is 11.6. The number of hydrogen-bond donors (Lipinski definition) is 2. The van der Waals surface area contributed by atoms with Gasteiger partial charge in [-0.05, 0) is 60.7 Å². The Balaban J connectivity index is 1.25. The first-order valence-electron chi connectivity index (χ1n) is 11.6. The molecule has 1 amide bonds. The number of anilines is 3. The minimum atomic E-state index is -0.616. The van der Waals surface area contributed by atoms with Crippen LogP contribution in [-0.2, 0) is 9.47 Å². The Morgan fingerprint density at radius 2 is 1.89 bits per heavy atom. The summed E-state index contributed by atoms with van der Waals surface area (Å²) in [7, 11) is 0. The van der Waals surface area contributed by atoms with Gasteiger partial charge in [-0.25, -0.2) is 20.6 Å². The molecule has 10 heteroatoms. The Hall–Kier alpha value is -4.28. The lowest BCUT2D eigenvalue weighted by Gasteiger charge is -2.27. The van der Waals surface area contributed by atoms with Gasteiger partial charge in [0.15, 0.2) is 5.78 Å². The molecule has 1 saturated heterocycles. The van der Waals surface area contributed by atoms with Crippen molar-refractivity contribution in [3.8, 4) is 0 Å². The molecule has 36 heavy (non-hydrogen) atoms. The van der Waals surface area contributed by atoms with Crippen LogP contribution in [0.4, 0.5) is 22.1 Å². The molecule has 0 bridgehead atoms. The molecule has 186 valence electrons. The molecule has 3 heterocycles. The number of hydrogen-bond acceptors (Lipinski definition) is 9. The van der Waals surface area contributed by atoms with E-state index >= 15 is 0 Å². The van der Waals surface area contributed by atoms with Crippen LogP contribution in [0.3, 0.4) is 0 Å². The van der Waals surface area contributed by atoms with Gasteiger partial charge in [-0.3, -0.25) is 15.1 Å². The van der Waals surface area contributed by atoms with Crippen LogP contribution in [0, 0.1) is 0 Å². The molecule has 0 unspecified atom stereocenters. The van der Waals surface area contributed by atoms with E-state index in [0.717, 1.165) is 18.9 Å². The number of ketones is 1. The molecule has 1 fully saturated rings. The molecular weight excluding hydrogens is 460 g/mol. The lowest BCUT2D eigenvalue weighted by Crippen LogP contribution is -2.36. The Bertz CT molecular complexity index is 1180. The summed E-state index contributed by atoms with van der Waals surface area (Å²) >= 11 is 0. The van der Waals surface area contributed by atoms with Crippen LogP contribution >= 0.6 is 0 Å². The maximum atomic E-state index is 12.6. The number of nitrogens with two attached hydrogens (primary N) is 1. The monoisotopic (exact) mass is 488 g/mol. The summed E-state index contributed by atoms with van der Waals surface area (Å²) in [6.45, 7) is 3.32. The zero-order chi connectivity index (χ0) is 25.2. The van der Waals surface area contributed by atoms with Crippen LogP contribution in [0.1, 0.15) is 16.1 Å². The second kappa shape index (κ2) is 12.4. The second-order valence-corrected chi connectivity index (χ2v) is 7.94. The van der Waals surface area contributed by atoms with Crippen molar-refractivity contribution in [1.82, 2.24) is 9.97 Å². The van der Waals surface area contributed by atoms with Crippen molar-refractivity contribution >= 4 is 35.3 Å². The minimum Gasteiger partial charge on any atom is -0.447 e. The Kier molecular flexibility index (Phi) is 8.57. The van der Waals surface area contributed by atoms with Crippen molar-refractivity contribution in [3.05, 3.63) is 84.2 Å². The maximum absolute atomic E-state index is 12.6. The number of nitrogens with one attached hydrogen (secondary N) is 1. The highest BCUT2D eigenvalue weighted by Crippen LogP contribution is 2.15. The highest BCUT2D eigenvalue weighted by Gasteiger charge is 2.12. The van der Waals surface area contributed by atoms with Gasteiger partial charge in [0, 0.05) is 30.5 Å². The van der Waals surface area contributed by atoms with E-state index < -0.39 is 6.09 Å². The Labute approximate surface area is 209 Å². The van der Waals surface area contributed by atoms with Crippen LogP contribution in [0.15, 0.2) is 72.9 Å². The molecule has 2 aromatic heterocycles. The molecule has 0 saturated carbocycles. The summed E-state index contributed by atoms with van der Waals surface area (Å²) in [5.74, 6) is 7.17. The SMILES string of the molecule is NN(CCOC(=O)Nc1ccc(C(=O)C=Cc2cccc(N3CCOCC3)n2)cc1)c1ccccn1. The van der Waals surface area contributed by atoms with E-state index in [9.17, 15) is 9.59 Å². The number of benzene rings is 1. The molecule has 4 rings (SSSR count). The molecule has 3 N–H and O–H groups in total. The summed E-state index contributed by atoms with van der Waals surface area (Å²) in [5, 5.41) is 4.03. The number of ether oxygens (including phenoxy) is 2. The molecule has 0 radical (unpaired) electrons. The van der Waals surface area contributed by atoms with Crippen molar-refractivity contribution < 1.29 is 19.1 Å². The standard InChI is InChI=1S/C26H28N6O4/c27-32(24-5-1-2-13-28-24)16-19-36-26(34)30-22-9-7-20(8-10-22)23(33)12-11-21-4-3-6-25(29-21)31-14-17-35-18-15-31/h1-13H,14-19,27H2,(H,30,34). The maximum Gasteiger partial charge on any atom is 0.411 e. The van der Waals surface area contributed by atoms with Crippen LogP contribution < -0.4 is 21.1 Å². The highest BCUT2D eigenvalue weighted by atomic mass is 16.5. The quantitative estimate of drug-likeness (QED) is 0.202. The molecule has 1 aliphatic heterocycles. The molecule has 10 nitrogen and oxygen atoms in total. The van der Waals surface area contributed by atoms with E-state index in [1.807, 2.05) is 24.3 Å². The molecule has 0 atom stereocenters. The minimum absolute atomic E-state index is 0.0844. The van der Waals surface area contributed by atoms with Crippen molar-refractivity contribution in [2.45, 2.75) is 0 Å². The lowest BCUT2D eigenvalue weighted by molar-refractivity contribution is 0.104. The van der Waals surface area contributed by atoms with E-state index in [0.29, 0.717) is 36.0 Å². The zero-order valence-electron chi connectivity index (χ0n) is 19.7. The van der Waals surface area contributed by atoms with Gasteiger partial charge < -0.3 is 14.4 Å². The van der Waals surface area contributed by atoms with Gasteiger partial charge in [-0.15, -0.1) is 0 Å². The summed E-state index contributed by atoms with van der Waals surface area (Å²) in [4.78, 5) is 35.5. The van der Waals surface area contributed by atoms with Crippen LogP contribution in [0.25, 0.3) is 6.08 Å². The van der Waals surface area contributed by atoms with Gasteiger partial charge in [-0.2, -0.15) is 0 Å². The molecule has 1 aromatic carbocycles. The van der Waals surface area contributed by atoms with Gasteiger partial charge in [-0.1, -0.05) is 12.1 Å². The van der Waals surface area contributed by atoms with Crippen molar-refractivity contribution in [2.24, 2.45) is 5.84 Å². The number of hydrazine groups is 1. The van der Waals surface area contributed by atoms with E-state index in [1.54, 1.807) is 48.7 Å². The lowest BCUT2D eigenvalue weighted by atomic mass is 10.1. The molecule has 0 aliphatic carbocycles. The van der Waals surface area contributed by atoms with Gasteiger partial charge in [0.05, 0.1) is 25.5 Å². The summed E-state index contributed by atoms with van der Waals surface area (Å²) in [6, 6.07) is 17.7. The number of rotatable bonds is 9. The van der Waals surface area contributed by atoms with Crippen LogP contribution in [0.2, 0.25) is 0 Å². The first kappa shape index (κ1) is 24.8. The topological polar surface area (TPSA) is 123 Å². The number of amides is 1. The van der Waals surface area contributed by atoms with Crippen molar-refractivity contribution in [2.75, 3.05) is 54.7 Å². The fourth-order valence-corrected chi connectivity index (χ4v) is 3.50. The second-order valence-electron chi connectivity index (χ2n) is 7.94. The average molecular weight is 489 g/mol. The predicted octanol–water partition coefficient (Wildman–Crippen LogP) is 3.14. The third-order valence-electron chi connectivity index (χ3n) is 5.42. The number of carbonyl (C=O) groups is 2. The van der Waals surface area contributed by atoms with Gasteiger partial charge in [0.25, 0.3) is 0 Å². The Morgan fingerprint density at radius 1 is 1.08 bits per heavy atom. The smallest absolute Gasteiger partial charge is 0.411 e. The number of carbonyl (C=O) groups excluding carboxylic acids is 2. The molecule has 3 aromatic rings. The van der Waals surface area contributed by atoms with Gasteiger partial charge in [0.1, 0.15) is 18.2 Å². The number of nitrogens with zero attached hydrogens (tertiary/aromatic N) is 4. The molecule has 1 aliphatic rings. The highest BCUT2D eigenvalue weighted by molar-refractivity contribution is 6.07. The van der Waals surface area contributed by atoms with Crippen LogP contribution in [0.5, 0.6) is 0 Å². The van der Waals surface area contributed by atoms with Gasteiger partial charge in [0.2, 0.25) is 0 Å². The summed E-state index contributed by atoms with van der Waals surface area (Å²) in [5.41, 5.74) is 1.70. The predicted molar refractivity (Wildman–Crippen MR) is 138 cm³/mol. The van der Waals surface area contributed by atoms with Gasteiger partial charge >= 0.3 is 6.09 Å². The number of morpholine rings is 1. The average Bonchev–Trinajstić information content (AvgIpc) is 2.93. The fraction of sp³-hybridized carbons (Fsp3) is 0.231. The van der Waals surface area contributed by atoms with E-state index in [4.69, 9.17) is 15.3 Å². The first-order chi connectivity index (χ1) is 17.6. The molecular formula is C26H28N6O4. The van der Waals surface area contributed by atoms with Crippen molar-refractivity contribution in [3.63, 3.8) is 0 Å². The van der Waals surface area contributed by atoms with Crippen molar-refractivity contribution in [1.29, 1.82) is 0 Å². The molecule has 0 spiro atoms. The normalized spacial score (nSPS) is 13.4.